The summed E-state index contributed by atoms with van der Waals surface area (Å²) in [5.41, 5.74) is 11.7. The highest BCUT2D eigenvalue weighted by molar-refractivity contribution is 7.14. The smallest absolute Gasteiger partial charge is 0.239 e. The topological polar surface area (TPSA) is 93.6 Å². The number of rotatable bonds is 1. The van der Waals surface area contributed by atoms with Gasteiger partial charge < -0.3 is 11.5 Å². The lowest BCUT2D eigenvalue weighted by Gasteiger charge is -1.90. The van der Waals surface area contributed by atoms with Gasteiger partial charge in [-0.25, -0.2) is 0 Å². The monoisotopic (exact) mass is 181 g/mol. The molecular formula is C6H7N5S. The molecule has 2 rings (SSSR count). The molecule has 0 aromatic carbocycles. The Morgan fingerprint density at radius 2 is 2.25 bits per heavy atom. The molecule has 12 heavy (non-hydrogen) atoms. The summed E-state index contributed by atoms with van der Waals surface area (Å²) in [7, 11) is 0. The molecule has 0 spiro atoms. The molecule has 0 fully saturated rings. The Balaban J connectivity index is 2.50. The van der Waals surface area contributed by atoms with Gasteiger partial charge in [-0.1, -0.05) is 0 Å². The summed E-state index contributed by atoms with van der Waals surface area (Å²) in [5, 5.41) is 8.29. The van der Waals surface area contributed by atoms with E-state index in [1.807, 2.05) is 11.4 Å². The Morgan fingerprint density at radius 1 is 1.42 bits per heavy atom. The maximum absolute atomic E-state index is 5.66. The van der Waals surface area contributed by atoms with Gasteiger partial charge in [-0.2, -0.15) is 4.98 Å². The standard InChI is InChI=1S/C6H7N5S/c7-3-1-2-12-4(3)5-9-6(8)11-10-5/h1-2H,7H2,(H3,8,9,10,11). The fraction of sp³-hybridized carbons (Fsp3) is 0. The largest absolute Gasteiger partial charge is 0.397 e. The molecule has 5 N–H and O–H groups in total. The number of hydrogen-bond acceptors (Lipinski definition) is 5. The van der Waals surface area contributed by atoms with E-state index in [4.69, 9.17) is 11.5 Å². The molecule has 0 atom stereocenters. The number of nitrogens with two attached hydrogens (primary N) is 2. The zero-order chi connectivity index (χ0) is 8.55. The van der Waals surface area contributed by atoms with E-state index in [-0.39, 0.29) is 5.95 Å². The molecule has 0 saturated heterocycles. The van der Waals surface area contributed by atoms with E-state index in [0.29, 0.717) is 11.5 Å². The van der Waals surface area contributed by atoms with E-state index in [9.17, 15) is 0 Å². The van der Waals surface area contributed by atoms with Crippen molar-refractivity contribution in [3.05, 3.63) is 11.4 Å². The number of anilines is 2. The molecule has 0 amide bonds. The van der Waals surface area contributed by atoms with Crippen LogP contribution < -0.4 is 11.5 Å². The summed E-state index contributed by atoms with van der Waals surface area (Å²) in [5.74, 6) is 0.859. The summed E-state index contributed by atoms with van der Waals surface area (Å²) >= 11 is 1.50. The second-order valence-corrected chi connectivity index (χ2v) is 3.16. The van der Waals surface area contributed by atoms with E-state index in [1.54, 1.807) is 0 Å². The number of thiophene rings is 1. The van der Waals surface area contributed by atoms with Crippen LogP contribution in [0.25, 0.3) is 10.7 Å². The van der Waals surface area contributed by atoms with Crippen LogP contribution in [0, 0.1) is 0 Å². The molecule has 0 bridgehead atoms. The fourth-order valence-electron chi connectivity index (χ4n) is 0.888. The first kappa shape index (κ1) is 7.11. The van der Waals surface area contributed by atoms with Crippen LogP contribution in [-0.2, 0) is 0 Å². The lowest BCUT2D eigenvalue weighted by Crippen LogP contribution is -1.86. The number of hydrogen-bond donors (Lipinski definition) is 3. The van der Waals surface area contributed by atoms with Crippen molar-refractivity contribution >= 4 is 23.0 Å². The van der Waals surface area contributed by atoms with Crippen LogP contribution in [0.2, 0.25) is 0 Å². The van der Waals surface area contributed by atoms with Gasteiger partial charge in [-0.3, -0.25) is 5.10 Å². The van der Waals surface area contributed by atoms with Crippen molar-refractivity contribution in [2.24, 2.45) is 0 Å². The van der Waals surface area contributed by atoms with Crippen molar-refractivity contribution in [3.63, 3.8) is 0 Å². The number of nitrogens with zero attached hydrogens (tertiary/aromatic N) is 2. The van der Waals surface area contributed by atoms with Crippen LogP contribution in [0.5, 0.6) is 0 Å². The van der Waals surface area contributed by atoms with Gasteiger partial charge in [0.05, 0.1) is 10.6 Å². The maximum atomic E-state index is 5.66. The average molecular weight is 181 g/mol. The molecule has 2 heterocycles. The average Bonchev–Trinajstić information content (AvgIpc) is 2.58. The third-order valence-electron chi connectivity index (χ3n) is 1.41. The summed E-state index contributed by atoms with van der Waals surface area (Å²) in [4.78, 5) is 4.83. The van der Waals surface area contributed by atoms with Crippen LogP contribution in [0.15, 0.2) is 11.4 Å². The molecule has 0 aliphatic rings. The number of aromatic nitrogens is 3. The first-order valence-corrected chi connectivity index (χ1v) is 4.16. The number of aromatic amines is 1. The predicted molar refractivity (Wildman–Crippen MR) is 48.5 cm³/mol. The Kier molecular flexibility index (Phi) is 1.47. The molecule has 0 aliphatic carbocycles. The number of H-pyrrole nitrogens is 1. The van der Waals surface area contributed by atoms with Gasteiger partial charge >= 0.3 is 0 Å². The van der Waals surface area contributed by atoms with Crippen molar-refractivity contribution in [3.8, 4) is 10.7 Å². The molecule has 2 aromatic heterocycles. The van der Waals surface area contributed by atoms with Crippen molar-refractivity contribution in [2.75, 3.05) is 11.5 Å². The third kappa shape index (κ3) is 1.02. The van der Waals surface area contributed by atoms with Gasteiger partial charge in [0.25, 0.3) is 0 Å². The van der Waals surface area contributed by atoms with Gasteiger partial charge in [0.15, 0.2) is 5.82 Å². The third-order valence-corrected chi connectivity index (χ3v) is 2.35. The molecular weight excluding hydrogens is 174 g/mol. The minimum absolute atomic E-state index is 0.234. The zero-order valence-corrected chi connectivity index (χ0v) is 6.93. The SMILES string of the molecule is Nc1n[nH]c(-c2sccc2N)n1. The molecule has 6 heteroatoms. The molecule has 5 nitrogen and oxygen atoms in total. The van der Waals surface area contributed by atoms with Gasteiger partial charge in [-0.15, -0.1) is 16.4 Å². The van der Waals surface area contributed by atoms with Gasteiger partial charge in [0, 0.05) is 0 Å². The lowest BCUT2D eigenvalue weighted by molar-refractivity contribution is 1.11. The van der Waals surface area contributed by atoms with Crippen molar-refractivity contribution in [1.29, 1.82) is 0 Å². The predicted octanol–water partition coefficient (Wildman–Crippen LogP) is 0.698. The highest BCUT2D eigenvalue weighted by Gasteiger charge is 2.07. The van der Waals surface area contributed by atoms with Crippen molar-refractivity contribution < 1.29 is 0 Å². The van der Waals surface area contributed by atoms with Gasteiger partial charge in [-0.05, 0) is 11.4 Å². The number of nitrogens with one attached hydrogen (secondary N) is 1. The van der Waals surface area contributed by atoms with Crippen LogP contribution in [-0.4, -0.2) is 15.2 Å². The molecule has 0 unspecified atom stereocenters. The second-order valence-electron chi connectivity index (χ2n) is 2.25. The minimum atomic E-state index is 0.234. The highest BCUT2D eigenvalue weighted by Crippen LogP contribution is 2.28. The summed E-state index contributed by atoms with van der Waals surface area (Å²) in [6.45, 7) is 0. The maximum Gasteiger partial charge on any atom is 0.239 e. The molecule has 0 saturated carbocycles. The van der Waals surface area contributed by atoms with Crippen LogP contribution in [0.4, 0.5) is 11.6 Å². The zero-order valence-electron chi connectivity index (χ0n) is 6.11. The van der Waals surface area contributed by atoms with Gasteiger partial charge in [0.1, 0.15) is 0 Å². The fourth-order valence-corrected chi connectivity index (χ4v) is 1.65. The first-order valence-electron chi connectivity index (χ1n) is 3.28. The minimum Gasteiger partial charge on any atom is -0.397 e. The second kappa shape index (κ2) is 2.49. The lowest BCUT2D eigenvalue weighted by atomic mass is 10.4. The summed E-state index contributed by atoms with van der Waals surface area (Å²) in [6, 6.07) is 1.82. The van der Waals surface area contributed by atoms with E-state index in [1.165, 1.54) is 11.3 Å². The number of nitrogen functional groups attached to an aromatic ring is 2. The van der Waals surface area contributed by atoms with E-state index >= 15 is 0 Å². The molecule has 0 radical (unpaired) electrons. The van der Waals surface area contributed by atoms with Crippen LogP contribution >= 0.6 is 11.3 Å². The molecule has 2 aromatic rings. The van der Waals surface area contributed by atoms with E-state index in [2.05, 4.69) is 15.2 Å². The molecule has 0 aliphatic heterocycles. The van der Waals surface area contributed by atoms with Crippen molar-refractivity contribution in [1.82, 2.24) is 15.2 Å². The first-order chi connectivity index (χ1) is 5.77. The highest BCUT2D eigenvalue weighted by atomic mass is 32.1. The van der Waals surface area contributed by atoms with E-state index in [0.717, 1.165) is 4.88 Å². The summed E-state index contributed by atoms with van der Waals surface area (Å²) < 4.78 is 0. The van der Waals surface area contributed by atoms with Gasteiger partial charge in [0.2, 0.25) is 5.95 Å². The summed E-state index contributed by atoms with van der Waals surface area (Å²) in [6.07, 6.45) is 0. The quantitative estimate of drug-likeness (QED) is 0.603. The Labute approximate surface area is 72.4 Å². The Hall–Kier alpha value is -1.56. The van der Waals surface area contributed by atoms with E-state index < -0.39 is 0 Å². The van der Waals surface area contributed by atoms with Crippen LogP contribution in [0.3, 0.4) is 0 Å². The Morgan fingerprint density at radius 3 is 2.75 bits per heavy atom. The Bertz CT molecular complexity index is 390. The molecule has 62 valence electrons. The normalized spacial score (nSPS) is 10.3. The van der Waals surface area contributed by atoms with Crippen molar-refractivity contribution in [2.45, 2.75) is 0 Å². The van der Waals surface area contributed by atoms with Crippen LogP contribution in [0.1, 0.15) is 0 Å².